The van der Waals surface area contributed by atoms with Gasteiger partial charge in [0.2, 0.25) is 0 Å². The molecule has 0 bridgehead atoms. The average molecular weight is 380 g/mol. The molecule has 7 nitrogen and oxygen atoms in total. The second kappa shape index (κ2) is 8.06. The largest absolute Gasteiger partial charge is 0.501 e. The highest BCUT2D eigenvalue weighted by atomic mass is 31.2. The molecular formula is C18H25N2O5P. The van der Waals surface area contributed by atoms with E-state index in [9.17, 15) is 19.3 Å². The maximum Gasteiger partial charge on any atom is 0.322 e. The second-order valence-corrected chi connectivity index (χ2v) is 9.62. The van der Waals surface area contributed by atoms with Crippen molar-refractivity contribution in [3.05, 3.63) is 42.2 Å². The fourth-order valence-corrected chi connectivity index (χ4v) is 6.58. The van der Waals surface area contributed by atoms with Gasteiger partial charge in [-0.15, -0.1) is 0 Å². The number of ether oxygens (including phenoxy) is 1. The van der Waals surface area contributed by atoms with Gasteiger partial charge >= 0.3 is 6.03 Å². The van der Waals surface area contributed by atoms with Gasteiger partial charge in [-0.25, -0.2) is 4.79 Å². The lowest BCUT2D eigenvalue weighted by Gasteiger charge is -2.30. The fourth-order valence-electron chi connectivity index (χ4n) is 2.95. The fraction of sp³-hybridized carbons (Fsp3) is 0.444. The summed E-state index contributed by atoms with van der Waals surface area (Å²) in [4.78, 5) is 24.2. The minimum atomic E-state index is -3.07. The van der Waals surface area contributed by atoms with Gasteiger partial charge in [0.05, 0.1) is 18.5 Å². The number of urea groups is 1. The van der Waals surface area contributed by atoms with Crippen LogP contribution in [-0.4, -0.2) is 41.2 Å². The van der Waals surface area contributed by atoms with Crippen molar-refractivity contribution in [2.24, 2.45) is 0 Å². The van der Waals surface area contributed by atoms with Crippen LogP contribution in [0.25, 0.3) is 0 Å². The molecule has 2 rings (SSSR count). The number of carbonyl (C=O) groups is 2. The molecule has 3 N–H and O–H groups in total. The second-order valence-electron chi connectivity index (χ2n) is 6.55. The molecule has 142 valence electrons. The number of hydrogen-bond acceptors (Lipinski definition) is 5. The van der Waals surface area contributed by atoms with Crippen molar-refractivity contribution < 1.29 is 24.0 Å². The van der Waals surface area contributed by atoms with Crippen molar-refractivity contribution in [2.75, 3.05) is 12.8 Å². The average Bonchev–Trinajstić information content (AvgIpc) is 2.85. The maximum atomic E-state index is 13.5. The van der Waals surface area contributed by atoms with Crippen LogP contribution in [0.15, 0.2) is 42.2 Å². The van der Waals surface area contributed by atoms with Gasteiger partial charge in [-0.05, 0) is 27.2 Å². The molecule has 0 aliphatic carbocycles. The number of imide groups is 1. The van der Waals surface area contributed by atoms with Crippen LogP contribution in [0.1, 0.15) is 27.2 Å². The van der Waals surface area contributed by atoms with Crippen molar-refractivity contribution in [1.29, 1.82) is 0 Å². The first-order valence-electron chi connectivity index (χ1n) is 8.47. The standard InChI is InChI=1S/C18H25N2O5P/c1-4-25-12-13(2)15(21)19-17(22)20-16-18(3,23)10-11-26(16,24)14-8-6-5-7-9-14/h5-9,12,16,23H,4,10-11H2,1-3H3,(H2,19,20,21,22)/b13-12+/t16-,18-,26-/m1/s1. The van der Waals surface area contributed by atoms with E-state index in [0.717, 1.165) is 0 Å². The highest BCUT2D eigenvalue weighted by molar-refractivity contribution is 7.72. The lowest BCUT2D eigenvalue weighted by molar-refractivity contribution is -0.116. The molecule has 1 aromatic rings. The molecule has 3 amide bonds. The Hall–Kier alpha value is -2.11. The van der Waals surface area contributed by atoms with Gasteiger partial charge in [-0.1, -0.05) is 30.3 Å². The Labute approximate surface area is 153 Å². The van der Waals surface area contributed by atoms with Gasteiger partial charge in [-0.2, -0.15) is 0 Å². The van der Waals surface area contributed by atoms with Crippen molar-refractivity contribution in [3.8, 4) is 0 Å². The van der Waals surface area contributed by atoms with Gasteiger partial charge in [-0.3, -0.25) is 10.1 Å². The summed E-state index contributed by atoms with van der Waals surface area (Å²) in [7, 11) is -3.07. The molecule has 3 atom stereocenters. The van der Waals surface area contributed by atoms with E-state index < -0.39 is 30.5 Å². The SMILES string of the molecule is CCO/C=C(\C)C(=O)NC(=O)N[C@H]1[C@](C)(O)CC[P@@]1(=O)c1ccccc1. The van der Waals surface area contributed by atoms with E-state index in [1.54, 1.807) is 38.1 Å². The van der Waals surface area contributed by atoms with Crippen molar-refractivity contribution >= 4 is 24.4 Å². The highest BCUT2D eigenvalue weighted by Crippen LogP contribution is 2.59. The third-order valence-corrected chi connectivity index (χ3v) is 8.01. The molecule has 0 saturated carbocycles. The summed E-state index contributed by atoms with van der Waals surface area (Å²) < 4.78 is 18.6. The Balaban J connectivity index is 2.16. The summed E-state index contributed by atoms with van der Waals surface area (Å²) in [5, 5.41) is 15.9. The monoisotopic (exact) mass is 380 g/mol. The normalized spacial score (nSPS) is 28.5. The van der Waals surface area contributed by atoms with Gasteiger partial charge < -0.3 is 19.7 Å². The first kappa shape index (κ1) is 20.2. The highest BCUT2D eigenvalue weighted by Gasteiger charge is 2.53. The molecule has 26 heavy (non-hydrogen) atoms. The molecule has 8 heteroatoms. The third-order valence-electron chi connectivity index (χ3n) is 4.43. The van der Waals surface area contributed by atoms with Crippen LogP contribution in [0.3, 0.4) is 0 Å². The number of benzene rings is 1. The lowest BCUT2D eigenvalue weighted by Crippen LogP contribution is -2.52. The zero-order chi connectivity index (χ0) is 19.4. The van der Waals surface area contributed by atoms with E-state index in [0.29, 0.717) is 18.3 Å². The summed E-state index contributed by atoms with van der Waals surface area (Å²) >= 11 is 0. The minimum Gasteiger partial charge on any atom is -0.501 e. The quantitative estimate of drug-likeness (QED) is 0.411. The van der Waals surface area contributed by atoms with E-state index in [-0.39, 0.29) is 11.7 Å². The number of nitrogens with one attached hydrogen (secondary N) is 2. The van der Waals surface area contributed by atoms with E-state index in [2.05, 4.69) is 10.6 Å². The Morgan fingerprint density at radius 1 is 1.38 bits per heavy atom. The van der Waals surface area contributed by atoms with Crippen LogP contribution in [0, 0.1) is 0 Å². The molecule has 1 heterocycles. The van der Waals surface area contributed by atoms with Crippen LogP contribution in [-0.2, 0) is 14.1 Å². The van der Waals surface area contributed by atoms with E-state index in [4.69, 9.17) is 4.74 Å². The van der Waals surface area contributed by atoms with Gasteiger partial charge in [0.25, 0.3) is 5.91 Å². The molecule has 0 aromatic heterocycles. The minimum absolute atomic E-state index is 0.228. The maximum absolute atomic E-state index is 13.5. The molecular weight excluding hydrogens is 355 g/mol. The summed E-state index contributed by atoms with van der Waals surface area (Å²) in [5.41, 5.74) is -1.10. The number of rotatable bonds is 5. The molecule has 1 aliphatic rings. The molecule has 1 fully saturated rings. The van der Waals surface area contributed by atoms with Crippen LogP contribution < -0.4 is 15.9 Å². The predicted octanol–water partition coefficient (Wildman–Crippen LogP) is 1.92. The third kappa shape index (κ3) is 4.34. The van der Waals surface area contributed by atoms with Crippen molar-refractivity contribution in [2.45, 2.75) is 38.6 Å². The van der Waals surface area contributed by atoms with Crippen LogP contribution in [0.5, 0.6) is 0 Å². The molecule has 0 spiro atoms. The Morgan fingerprint density at radius 2 is 2.04 bits per heavy atom. The summed E-state index contributed by atoms with van der Waals surface area (Å²) in [6, 6.07) is 8.01. The number of amides is 3. The van der Waals surface area contributed by atoms with Crippen molar-refractivity contribution in [1.82, 2.24) is 10.6 Å². The predicted molar refractivity (Wildman–Crippen MR) is 99.6 cm³/mol. The topological polar surface area (TPSA) is 105 Å². The molecule has 1 aromatic carbocycles. The van der Waals surface area contributed by atoms with E-state index >= 15 is 0 Å². The zero-order valence-electron chi connectivity index (χ0n) is 15.2. The van der Waals surface area contributed by atoms with Gasteiger partial charge in [0.15, 0.2) is 0 Å². The van der Waals surface area contributed by atoms with Crippen molar-refractivity contribution in [3.63, 3.8) is 0 Å². The smallest absolute Gasteiger partial charge is 0.322 e. The summed E-state index contributed by atoms with van der Waals surface area (Å²) in [5.74, 6) is -1.59. The van der Waals surface area contributed by atoms with Gasteiger partial charge in [0.1, 0.15) is 12.9 Å². The van der Waals surface area contributed by atoms with E-state index in [1.165, 1.54) is 13.2 Å². The number of carbonyl (C=O) groups excluding carboxylic acids is 2. The van der Waals surface area contributed by atoms with Crippen LogP contribution in [0.2, 0.25) is 0 Å². The first-order valence-corrected chi connectivity index (χ1v) is 10.4. The number of hydrogen-bond donors (Lipinski definition) is 3. The molecule has 0 unspecified atom stereocenters. The summed E-state index contributed by atoms with van der Waals surface area (Å²) in [6.45, 7) is 5.24. The first-order chi connectivity index (χ1) is 12.2. The molecule has 0 radical (unpaired) electrons. The van der Waals surface area contributed by atoms with Crippen LogP contribution in [0.4, 0.5) is 4.79 Å². The van der Waals surface area contributed by atoms with E-state index in [1.807, 2.05) is 6.07 Å². The van der Waals surface area contributed by atoms with Gasteiger partial charge in [0, 0.05) is 17.0 Å². The Morgan fingerprint density at radius 3 is 2.65 bits per heavy atom. The Bertz CT molecular complexity index is 745. The lowest BCUT2D eigenvalue weighted by atomic mass is 10.0. The zero-order valence-corrected chi connectivity index (χ0v) is 16.1. The molecule has 1 aliphatic heterocycles. The summed E-state index contributed by atoms with van der Waals surface area (Å²) in [6.07, 6.45) is 1.84. The van der Waals surface area contributed by atoms with Crippen LogP contribution >= 0.6 is 7.14 Å². The molecule has 1 saturated heterocycles. The Kier molecular flexibility index (Phi) is 6.26. The number of aliphatic hydroxyl groups is 1.